The van der Waals surface area contributed by atoms with E-state index < -0.39 is 30.8 Å². The van der Waals surface area contributed by atoms with Gasteiger partial charge in [0, 0.05) is 13.0 Å². The Labute approximate surface area is 74.5 Å². The molecule has 1 fully saturated rings. The van der Waals surface area contributed by atoms with Gasteiger partial charge in [-0.15, -0.1) is 12.4 Å². The zero-order valence-electron chi connectivity index (χ0n) is 6.22. The van der Waals surface area contributed by atoms with E-state index in [2.05, 4.69) is 5.32 Å². The molecule has 2 N–H and O–H groups in total. The average molecular weight is 202 g/mol. The number of piperidine rings is 1. The Morgan fingerprint density at radius 2 is 2.17 bits per heavy atom. The fourth-order valence-corrected chi connectivity index (χ4v) is 1.11. The minimum absolute atomic E-state index is 0. The molecule has 1 rings (SSSR count). The number of carboxylic acids is 1. The van der Waals surface area contributed by atoms with Gasteiger partial charge in [0.25, 0.3) is 5.92 Å². The maximum atomic E-state index is 12.5. The molecule has 0 aromatic rings. The van der Waals surface area contributed by atoms with Crippen molar-refractivity contribution in [2.24, 2.45) is 5.92 Å². The minimum Gasteiger partial charge on any atom is -0.481 e. The van der Waals surface area contributed by atoms with E-state index in [-0.39, 0.29) is 19.0 Å². The molecule has 1 heterocycles. The van der Waals surface area contributed by atoms with Crippen LogP contribution in [-0.4, -0.2) is 30.1 Å². The molecule has 1 saturated heterocycles. The van der Waals surface area contributed by atoms with E-state index >= 15 is 0 Å². The average Bonchev–Trinajstić information content (AvgIpc) is 1.85. The number of alkyl halides is 2. The SMILES string of the molecule is Cl.O=C(O)[C@@H]1CNCC(F)(F)C1. The molecule has 12 heavy (non-hydrogen) atoms. The Hall–Kier alpha value is -0.420. The molecule has 1 atom stereocenters. The van der Waals surface area contributed by atoms with Crippen LogP contribution >= 0.6 is 12.4 Å². The molecule has 0 aromatic carbocycles. The Morgan fingerprint density at radius 3 is 2.50 bits per heavy atom. The Kier molecular flexibility index (Phi) is 3.86. The topological polar surface area (TPSA) is 49.3 Å². The molecule has 0 unspecified atom stereocenters. The largest absolute Gasteiger partial charge is 0.481 e. The van der Waals surface area contributed by atoms with Gasteiger partial charge < -0.3 is 10.4 Å². The fraction of sp³-hybridized carbons (Fsp3) is 0.833. The Balaban J connectivity index is 0.00000121. The van der Waals surface area contributed by atoms with Crippen LogP contribution in [0.25, 0.3) is 0 Å². The number of hydrogen-bond donors (Lipinski definition) is 2. The summed E-state index contributed by atoms with van der Waals surface area (Å²) in [6, 6.07) is 0. The molecular weight excluding hydrogens is 192 g/mol. The maximum Gasteiger partial charge on any atom is 0.308 e. The van der Waals surface area contributed by atoms with Crippen molar-refractivity contribution in [1.29, 1.82) is 0 Å². The minimum atomic E-state index is -2.86. The number of aliphatic carboxylic acids is 1. The molecule has 6 heteroatoms. The number of halogens is 3. The van der Waals surface area contributed by atoms with Gasteiger partial charge in [0.05, 0.1) is 12.5 Å². The van der Waals surface area contributed by atoms with Crippen LogP contribution < -0.4 is 5.32 Å². The third kappa shape index (κ3) is 2.91. The van der Waals surface area contributed by atoms with Crippen molar-refractivity contribution in [3.05, 3.63) is 0 Å². The lowest BCUT2D eigenvalue weighted by Crippen LogP contribution is -2.46. The first-order valence-corrected chi connectivity index (χ1v) is 3.33. The summed E-state index contributed by atoms with van der Waals surface area (Å²) in [5.41, 5.74) is 0. The highest BCUT2D eigenvalue weighted by Crippen LogP contribution is 2.25. The van der Waals surface area contributed by atoms with Gasteiger partial charge in [0.1, 0.15) is 0 Å². The molecule has 0 saturated carbocycles. The van der Waals surface area contributed by atoms with Crippen LogP contribution in [0.4, 0.5) is 8.78 Å². The lowest BCUT2D eigenvalue weighted by atomic mass is 9.97. The van der Waals surface area contributed by atoms with Gasteiger partial charge in [0.15, 0.2) is 0 Å². The summed E-state index contributed by atoms with van der Waals surface area (Å²) < 4.78 is 25.0. The standard InChI is InChI=1S/C6H9F2NO2.ClH/c7-6(8)1-4(5(10)11)2-9-3-6;/h4,9H,1-3H2,(H,10,11);1H/t4-;/m0./s1. The number of carboxylic acid groups (broad SMARTS) is 1. The zero-order chi connectivity index (χ0) is 8.48. The van der Waals surface area contributed by atoms with Gasteiger partial charge in [-0.25, -0.2) is 8.78 Å². The van der Waals surface area contributed by atoms with E-state index in [9.17, 15) is 13.6 Å². The highest BCUT2D eigenvalue weighted by Gasteiger charge is 2.39. The van der Waals surface area contributed by atoms with Crippen molar-refractivity contribution in [2.45, 2.75) is 12.3 Å². The third-order valence-corrected chi connectivity index (χ3v) is 1.67. The summed E-state index contributed by atoms with van der Waals surface area (Å²) in [4.78, 5) is 10.3. The van der Waals surface area contributed by atoms with Crippen LogP contribution in [0.5, 0.6) is 0 Å². The second-order valence-electron chi connectivity index (χ2n) is 2.73. The van der Waals surface area contributed by atoms with Gasteiger partial charge in [-0.2, -0.15) is 0 Å². The predicted molar refractivity (Wildman–Crippen MR) is 40.8 cm³/mol. The first kappa shape index (κ1) is 11.6. The number of rotatable bonds is 1. The van der Waals surface area contributed by atoms with Crippen LogP contribution in [0.3, 0.4) is 0 Å². The van der Waals surface area contributed by atoms with Crippen molar-refractivity contribution in [2.75, 3.05) is 13.1 Å². The van der Waals surface area contributed by atoms with Crippen molar-refractivity contribution >= 4 is 18.4 Å². The van der Waals surface area contributed by atoms with Gasteiger partial charge in [-0.05, 0) is 0 Å². The Morgan fingerprint density at radius 1 is 1.58 bits per heavy atom. The predicted octanol–water partition coefficient (Wildman–Crippen LogP) is 0.738. The third-order valence-electron chi connectivity index (χ3n) is 1.67. The fourth-order valence-electron chi connectivity index (χ4n) is 1.11. The molecule has 0 aromatic heterocycles. The van der Waals surface area contributed by atoms with E-state index in [1.54, 1.807) is 0 Å². The summed E-state index contributed by atoms with van der Waals surface area (Å²) >= 11 is 0. The quantitative estimate of drug-likeness (QED) is 0.658. The monoisotopic (exact) mass is 201 g/mol. The molecule has 0 spiro atoms. The second-order valence-corrected chi connectivity index (χ2v) is 2.73. The first-order chi connectivity index (χ1) is 5.01. The smallest absolute Gasteiger partial charge is 0.308 e. The van der Waals surface area contributed by atoms with E-state index in [1.165, 1.54) is 0 Å². The Bertz CT molecular complexity index is 177. The highest BCUT2D eigenvalue weighted by atomic mass is 35.5. The van der Waals surface area contributed by atoms with Crippen LogP contribution in [0.15, 0.2) is 0 Å². The number of carbonyl (C=O) groups is 1. The van der Waals surface area contributed by atoms with Gasteiger partial charge in [-0.3, -0.25) is 4.79 Å². The molecule has 3 nitrogen and oxygen atoms in total. The summed E-state index contributed by atoms with van der Waals surface area (Å²) in [7, 11) is 0. The first-order valence-electron chi connectivity index (χ1n) is 3.33. The lowest BCUT2D eigenvalue weighted by Gasteiger charge is -2.26. The van der Waals surface area contributed by atoms with E-state index in [1.807, 2.05) is 0 Å². The molecule has 1 aliphatic rings. The molecule has 0 radical (unpaired) electrons. The lowest BCUT2D eigenvalue weighted by molar-refractivity contribution is -0.147. The summed E-state index contributed by atoms with van der Waals surface area (Å²) in [6.45, 7) is -0.262. The van der Waals surface area contributed by atoms with E-state index in [0.29, 0.717) is 0 Å². The summed E-state index contributed by atoms with van der Waals surface area (Å²) in [5, 5.41) is 10.8. The van der Waals surface area contributed by atoms with Crippen LogP contribution in [0.1, 0.15) is 6.42 Å². The molecular formula is C6H10ClF2NO2. The highest BCUT2D eigenvalue weighted by molar-refractivity contribution is 5.85. The van der Waals surface area contributed by atoms with E-state index in [0.717, 1.165) is 0 Å². The summed E-state index contributed by atoms with van der Waals surface area (Å²) in [5.74, 6) is -4.96. The second kappa shape index (κ2) is 4.00. The molecule has 0 aliphatic carbocycles. The molecule has 0 amide bonds. The van der Waals surface area contributed by atoms with Crippen LogP contribution in [-0.2, 0) is 4.79 Å². The van der Waals surface area contributed by atoms with Crippen LogP contribution in [0, 0.1) is 5.92 Å². The number of hydrogen-bond acceptors (Lipinski definition) is 2. The van der Waals surface area contributed by atoms with Gasteiger partial charge in [0.2, 0.25) is 0 Å². The van der Waals surface area contributed by atoms with Gasteiger partial charge in [-0.1, -0.05) is 0 Å². The van der Waals surface area contributed by atoms with Crippen LogP contribution in [0.2, 0.25) is 0 Å². The van der Waals surface area contributed by atoms with Crippen molar-refractivity contribution in [3.63, 3.8) is 0 Å². The molecule has 0 bridgehead atoms. The van der Waals surface area contributed by atoms with E-state index in [4.69, 9.17) is 5.11 Å². The van der Waals surface area contributed by atoms with Crippen molar-refractivity contribution in [3.8, 4) is 0 Å². The summed E-state index contributed by atoms with van der Waals surface area (Å²) in [6.07, 6.45) is -0.546. The molecule has 72 valence electrons. The normalized spacial score (nSPS) is 27.3. The van der Waals surface area contributed by atoms with Crippen molar-refractivity contribution < 1.29 is 18.7 Å². The maximum absolute atomic E-state index is 12.5. The zero-order valence-corrected chi connectivity index (χ0v) is 7.03. The number of nitrogens with one attached hydrogen (secondary N) is 1. The van der Waals surface area contributed by atoms with Crippen molar-refractivity contribution in [1.82, 2.24) is 5.32 Å². The molecule has 1 aliphatic heterocycles. The van der Waals surface area contributed by atoms with Gasteiger partial charge >= 0.3 is 5.97 Å².